The van der Waals surface area contributed by atoms with Crippen LogP contribution in [0.2, 0.25) is 5.02 Å². The molecule has 6 rings (SSSR count). The minimum atomic E-state index is -0.143. The van der Waals surface area contributed by atoms with E-state index in [4.69, 9.17) is 16.6 Å². The number of nitrogens with zero attached hydrogens (tertiary/aromatic N) is 2. The number of para-hydroxylation sites is 1. The highest BCUT2D eigenvalue weighted by molar-refractivity contribution is 6.30. The molecule has 1 aliphatic heterocycles. The van der Waals surface area contributed by atoms with Gasteiger partial charge in [-0.3, -0.25) is 9.78 Å². The highest BCUT2D eigenvalue weighted by atomic mass is 35.5. The smallest absolute Gasteiger partial charge is 0.255 e. The van der Waals surface area contributed by atoms with Crippen molar-refractivity contribution < 1.29 is 4.79 Å². The molecule has 0 saturated carbocycles. The maximum atomic E-state index is 12.9. The van der Waals surface area contributed by atoms with Crippen LogP contribution in [0.4, 0.5) is 11.4 Å². The summed E-state index contributed by atoms with van der Waals surface area (Å²) in [5.41, 5.74) is 8.14. The minimum absolute atomic E-state index is 0.143. The number of carbonyl (C=O) groups is 1. The molecule has 4 nitrogen and oxygen atoms in total. The predicted molar refractivity (Wildman–Crippen MR) is 152 cm³/mol. The van der Waals surface area contributed by atoms with E-state index in [1.807, 2.05) is 66.7 Å². The Kier molecular flexibility index (Phi) is 6.33. The molecule has 1 aromatic heterocycles. The first-order chi connectivity index (χ1) is 18.1. The Bertz CT molecular complexity index is 1580. The standard InChI is InChI=1S/C32H26ClN3O/c33-27-14-11-23(12-15-27)22-7-9-25(10-8-22)32(37)35-28-17-18-30-26(20-28)13-16-29(34-30)21-36-19-3-5-24-4-1-2-6-31(24)36/h1-2,4,6-18,20H,3,5,19,21H2,(H,35,37). The van der Waals surface area contributed by atoms with E-state index in [1.165, 1.54) is 11.3 Å². The fourth-order valence-corrected chi connectivity index (χ4v) is 5.09. The molecule has 5 aromatic rings. The molecule has 0 aliphatic carbocycles. The molecule has 1 amide bonds. The highest BCUT2D eigenvalue weighted by Crippen LogP contribution is 2.28. The van der Waals surface area contributed by atoms with Gasteiger partial charge in [0.25, 0.3) is 5.91 Å². The summed E-state index contributed by atoms with van der Waals surface area (Å²) in [5.74, 6) is -0.143. The largest absolute Gasteiger partial charge is 0.365 e. The van der Waals surface area contributed by atoms with Crippen LogP contribution in [-0.2, 0) is 13.0 Å². The third kappa shape index (κ3) is 5.07. The number of hydrogen-bond donors (Lipinski definition) is 1. The van der Waals surface area contributed by atoms with Crippen LogP contribution in [-0.4, -0.2) is 17.4 Å². The van der Waals surface area contributed by atoms with Crippen molar-refractivity contribution in [3.63, 3.8) is 0 Å². The van der Waals surface area contributed by atoms with Crippen LogP contribution in [0.1, 0.15) is 28.0 Å². The summed E-state index contributed by atoms with van der Waals surface area (Å²) >= 11 is 5.98. The van der Waals surface area contributed by atoms with Crippen molar-refractivity contribution in [2.75, 3.05) is 16.8 Å². The van der Waals surface area contributed by atoms with Crippen LogP contribution in [0.3, 0.4) is 0 Å². The predicted octanol–water partition coefficient (Wildman–Crippen LogP) is 7.76. The van der Waals surface area contributed by atoms with Crippen LogP contribution in [0.15, 0.2) is 103 Å². The zero-order valence-corrected chi connectivity index (χ0v) is 21.1. The number of halogens is 1. The van der Waals surface area contributed by atoms with Crippen molar-refractivity contribution in [3.8, 4) is 11.1 Å². The van der Waals surface area contributed by atoms with Crippen LogP contribution in [0.5, 0.6) is 0 Å². The number of hydrogen-bond acceptors (Lipinski definition) is 3. The number of anilines is 2. The maximum Gasteiger partial charge on any atom is 0.255 e. The van der Waals surface area contributed by atoms with Gasteiger partial charge in [-0.2, -0.15) is 0 Å². The number of carbonyl (C=O) groups excluding carboxylic acids is 1. The van der Waals surface area contributed by atoms with Crippen LogP contribution in [0, 0.1) is 0 Å². The summed E-state index contributed by atoms with van der Waals surface area (Å²) in [7, 11) is 0. The summed E-state index contributed by atoms with van der Waals surface area (Å²) in [6.45, 7) is 1.83. The number of aryl methyl sites for hydroxylation is 1. The van der Waals surface area contributed by atoms with Gasteiger partial charge in [-0.25, -0.2) is 0 Å². The van der Waals surface area contributed by atoms with Crippen molar-refractivity contribution in [1.29, 1.82) is 0 Å². The number of fused-ring (bicyclic) bond motifs is 2. The Morgan fingerprint density at radius 3 is 2.43 bits per heavy atom. The third-order valence-electron chi connectivity index (χ3n) is 6.89. The van der Waals surface area contributed by atoms with Gasteiger partial charge in [0.05, 0.1) is 17.8 Å². The Morgan fingerprint density at radius 1 is 0.865 bits per heavy atom. The Labute approximate surface area is 221 Å². The van der Waals surface area contributed by atoms with Crippen molar-refractivity contribution in [3.05, 3.63) is 125 Å². The second-order valence-corrected chi connectivity index (χ2v) is 9.84. The monoisotopic (exact) mass is 503 g/mol. The van der Waals surface area contributed by atoms with E-state index in [0.717, 1.165) is 59.3 Å². The Hall–Kier alpha value is -4.15. The Morgan fingerprint density at radius 2 is 1.62 bits per heavy atom. The average Bonchev–Trinajstić information content (AvgIpc) is 2.94. The van der Waals surface area contributed by atoms with Crippen molar-refractivity contribution in [1.82, 2.24) is 4.98 Å². The lowest BCUT2D eigenvalue weighted by atomic mass is 10.0. The Balaban J connectivity index is 1.15. The van der Waals surface area contributed by atoms with Gasteiger partial charge in [0.1, 0.15) is 0 Å². The van der Waals surface area contributed by atoms with Gasteiger partial charge in [0.15, 0.2) is 0 Å². The fraction of sp³-hybridized carbons (Fsp3) is 0.125. The lowest BCUT2D eigenvalue weighted by Gasteiger charge is -2.31. The van der Waals surface area contributed by atoms with E-state index in [2.05, 4.69) is 46.6 Å². The summed E-state index contributed by atoms with van der Waals surface area (Å²) in [5, 5.41) is 4.72. The van der Waals surface area contributed by atoms with E-state index >= 15 is 0 Å². The summed E-state index contributed by atoms with van der Waals surface area (Å²) in [6.07, 6.45) is 2.30. The van der Waals surface area contributed by atoms with Gasteiger partial charge >= 0.3 is 0 Å². The molecule has 37 heavy (non-hydrogen) atoms. The molecule has 1 aliphatic rings. The van der Waals surface area contributed by atoms with Gasteiger partial charge in [-0.15, -0.1) is 0 Å². The number of aromatic nitrogens is 1. The van der Waals surface area contributed by atoms with Crippen molar-refractivity contribution >= 4 is 39.8 Å². The van der Waals surface area contributed by atoms with E-state index in [0.29, 0.717) is 10.6 Å². The van der Waals surface area contributed by atoms with Gasteiger partial charge in [-0.05, 0) is 84.1 Å². The first kappa shape index (κ1) is 23.3. The van der Waals surface area contributed by atoms with Crippen molar-refractivity contribution in [2.24, 2.45) is 0 Å². The molecular weight excluding hydrogens is 478 g/mol. The van der Waals surface area contributed by atoms with Gasteiger partial charge in [0.2, 0.25) is 0 Å². The lowest BCUT2D eigenvalue weighted by Crippen LogP contribution is -2.29. The number of benzene rings is 4. The quantitative estimate of drug-likeness (QED) is 0.266. The SMILES string of the molecule is O=C(Nc1ccc2nc(CN3CCCc4ccccc43)ccc2c1)c1ccc(-c2ccc(Cl)cc2)cc1. The number of rotatable bonds is 5. The lowest BCUT2D eigenvalue weighted by molar-refractivity contribution is 0.102. The zero-order chi connectivity index (χ0) is 25.2. The summed E-state index contributed by atoms with van der Waals surface area (Å²) in [4.78, 5) is 20.2. The normalized spacial score (nSPS) is 12.8. The topological polar surface area (TPSA) is 45.2 Å². The van der Waals surface area contributed by atoms with Crippen LogP contribution < -0.4 is 10.2 Å². The van der Waals surface area contributed by atoms with Gasteiger partial charge < -0.3 is 10.2 Å². The average molecular weight is 504 g/mol. The molecule has 0 unspecified atom stereocenters. The van der Waals surface area contributed by atoms with E-state index in [-0.39, 0.29) is 5.91 Å². The summed E-state index contributed by atoms with van der Waals surface area (Å²) in [6, 6.07) is 33.9. The number of pyridine rings is 1. The first-order valence-electron chi connectivity index (χ1n) is 12.5. The highest BCUT2D eigenvalue weighted by Gasteiger charge is 2.17. The molecule has 0 atom stereocenters. The molecule has 5 heteroatoms. The summed E-state index contributed by atoms with van der Waals surface area (Å²) < 4.78 is 0. The number of nitrogens with one attached hydrogen (secondary N) is 1. The molecule has 0 spiro atoms. The van der Waals surface area contributed by atoms with Crippen molar-refractivity contribution in [2.45, 2.75) is 19.4 Å². The molecule has 182 valence electrons. The van der Waals surface area contributed by atoms with E-state index in [1.54, 1.807) is 0 Å². The maximum absolute atomic E-state index is 12.9. The molecule has 4 aromatic carbocycles. The van der Waals surface area contributed by atoms with E-state index < -0.39 is 0 Å². The molecule has 2 heterocycles. The minimum Gasteiger partial charge on any atom is -0.365 e. The van der Waals surface area contributed by atoms with Gasteiger partial charge in [0, 0.05) is 33.9 Å². The molecule has 0 bridgehead atoms. The third-order valence-corrected chi connectivity index (χ3v) is 7.14. The molecule has 0 radical (unpaired) electrons. The van der Waals surface area contributed by atoms with Crippen LogP contribution >= 0.6 is 11.6 Å². The molecular formula is C32H26ClN3O. The van der Waals surface area contributed by atoms with Crippen LogP contribution in [0.25, 0.3) is 22.0 Å². The molecule has 0 fully saturated rings. The zero-order valence-electron chi connectivity index (χ0n) is 20.3. The molecule has 1 N–H and O–H groups in total. The fourth-order valence-electron chi connectivity index (χ4n) is 4.96. The second kappa shape index (κ2) is 10.1. The van der Waals surface area contributed by atoms with E-state index in [9.17, 15) is 4.79 Å². The number of amides is 1. The van der Waals surface area contributed by atoms with Gasteiger partial charge in [-0.1, -0.05) is 60.1 Å². The second-order valence-electron chi connectivity index (χ2n) is 9.40. The first-order valence-corrected chi connectivity index (χ1v) is 12.9. The molecule has 0 saturated heterocycles.